The van der Waals surface area contributed by atoms with E-state index in [1.165, 1.54) is 35.1 Å². The first-order valence-corrected chi connectivity index (χ1v) is 10.9. The van der Waals surface area contributed by atoms with Gasteiger partial charge in [0.05, 0.1) is 17.0 Å². The van der Waals surface area contributed by atoms with Gasteiger partial charge in [0.15, 0.2) is 0 Å². The summed E-state index contributed by atoms with van der Waals surface area (Å²) in [4.78, 5) is 12.6. The third-order valence-corrected chi connectivity index (χ3v) is 7.93. The molecule has 1 aliphatic rings. The fourth-order valence-corrected chi connectivity index (χ4v) is 6.07. The lowest BCUT2D eigenvalue weighted by Crippen LogP contribution is -2.41. The van der Waals surface area contributed by atoms with Gasteiger partial charge in [0.2, 0.25) is 10.0 Å². The highest BCUT2D eigenvalue weighted by molar-refractivity contribution is 8.01. The van der Waals surface area contributed by atoms with E-state index in [4.69, 9.17) is 0 Å². The topological polar surface area (TPSA) is 54.5 Å². The molecule has 1 heterocycles. The molecule has 0 radical (unpaired) electrons. The molecule has 0 bridgehead atoms. The van der Waals surface area contributed by atoms with Gasteiger partial charge in [0.1, 0.15) is 18.8 Å². The number of alkyl halides is 1. The second kappa shape index (κ2) is 8.08. The van der Waals surface area contributed by atoms with E-state index in [2.05, 4.69) is 0 Å². The fourth-order valence-electron chi connectivity index (χ4n) is 3.12. The number of sulfonamides is 1. The zero-order valence-corrected chi connectivity index (χ0v) is 16.3. The molecule has 27 heavy (non-hydrogen) atoms. The third kappa shape index (κ3) is 3.93. The van der Waals surface area contributed by atoms with Gasteiger partial charge in [0, 0.05) is 17.0 Å². The van der Waals surface area contributed by atoms with Crippen LogP contribution in [0.3, 0.4) is 0 Å². The van der Waals surface area contributed by atoms with E-state index in [1.54, 1.807) is 0 Å². The van der Waals surface area contributed by atoms with Crippen molar-refractivity contribution < 1.29 is 22.0 Å². The molecule has 0 saturated heterocycles. The van der Waals surface area contributed by atoms with Gasteiger partial charge >= 0.3 is 0 Å². The van der Waals surface area contributed by atoms with Gasteiger partial charge in [-0.1, -0.05) is 24.3 Å². The Morgan fingerprint density at radius 2 is 1.96 bits per heavy atom. The van der Waals surface area contributed by atoms with E-state index in [0.717, 1.165) is 22.8 Å². The van der Waals surface area contributed by atoms with E-state index in [9.17, 15) is 22.0 Å². The summed E-state index contributed by atoms with van der Waals surface area (Å²) in [6, 6.07) is 11.2. The van der Waals surface area contributed by atoms with E-state index in [0.29, 0.717) is 5.56 Å². The molecule has 144 valence electrons. The number of halogens is 2. The number of nitrogens with zero attached hydrogens (tertiary/aromatic N) is 1. The molecule has 0 aliphatic carbocycles. The number of aldehydes is 1. The van der Waals surface area contributed by atoms with Gasteiger partial charge < -0.3 is 4.79 Å². The second-order valence-corrected chi connectivity index (χ2v) is 9.58. The van der Waals surface area contributed by atoms with Gasteiger partial charge in [-0.2, -0.15) is 4.31 Å². The zero-order chi connectivity index (χ0) is 19.6. The van der Waals surface area contributed by atoms with Crippen LogP contribution in [0.5, 0.6) is 0 Å². The largest absolute Gasteiger partial charge is 0.303 e. The number of benzene rings is 2. The number of rotatable bonds is 7. The van der Waals surface area contributed by atoms with Crippen LogP contribution in [-0.4, -0.2) is 30.1 Å². The maximum atomic E-state index is 13.6. The summed E-state index contributed by atoms with van der Waals surface area (Å²) in [5.41, 5.74) is 1.15. The first kappa shape index (κ1) is 20.0. The lowest BCUT2D eigenvalue weighted by Gasteiger charge is -2.29. The molecule has 1 aliphatic heterocycles. The maximum Gasteiger partial charge on any atom is 0.215 e. The molecule has 0 saturated carbocycles. The van der Waals surface area contributed by atoms with Gasteiger partial charge in [-0.15, -0.1) is 11.8 Å². The highest BCUT2D eigenvalue weighted by Gasteiger charge is 2.41. The standard InChI is InChI=1S/C19H19F2NO3S2/c1-2-27(24,25)22(11-13-7-8-17(21)14(9-13)10-20)19-16(12-23)15-5-3-4-6-18(15)26-19/h3-9,12,16,19H,2,10-11H2,1H3. The molecule has 2 atom stereocenters. The van der Waals surface area contributed by atoms with Crippen LogP contribution in [0, 0.1) is 5.82 Å². The monoisotopic (exact) mass is 411 g/mol. The Morgan fingerprint density at radius 1 is 1.22 bits per heavy atom. The van der Waals surface area contributed by atoms with Crippen LogP contribution < -0.4 is 0 Å². The summed E-state index contributed by atoms with van der Waals surface area (Å²) in [5, 5.41) is -0.635. The number of carbonyl (C=O) groups excluding carboxylic acids is 1. The smallest absolute Gasteiger partial charge is 0.215 e. The average molecular weight is 411 g/mol. The Morgan fingerprint density at radius 3 is 2.63 bits per heavy atom. The molecular formula is C19H19F2NO3S2. The molecule has 4 nitrogen and oxygen atoms in total. The Hall–Kier alpha value is -1.77. The van der Waals surface area contributed by atoms with Crippen molar-refractivity contribution in [1.29, 1.82) is 0 Å². The van der Waals surface area contributed by atoms with E-state index in [-0.39, 0.29) is 17.9 Å². The molecule has 0 aromatic heterocycles. The normalized spacial score (nSPS) is 19.3. The van der Waals surface area contributed by atoms with Crippen LogP contribution in [0.2, 0.25) is 0 Å². The summed E-state index contributed by atoms with van der Waals surface area (Å²) < 4.78 is 53.4. The molecule has 0 fully saturated rings. The van der Waals surface area contributed by atoms with Crippen LogP contribution in [0.25, 0.3) is 0 Å². The molecule has 0 amide bonds. The van der Waals surface area contributed by atoms with Gasteiger partial charge in [-0.3, -0.25) is 0 Å². The molecule has 3 rings (SSSR count). The first-order valence-electron chi connectivity index (χ1n) is 8.45. The summed E-state index contributed by atoms with van der Waals surface area (Å²) in [7, 11) is -3.67. The molecule has 2 unspecified atom stereocenters. The fraction of sp³-hybridized carbons (Fsp3) is 0.316. The summed E-state index contributed by atoms with van der Waals surface area (Å²) in [6.45, 7) is 0.503. The Balaban J connectivity index is 1.99. The predicted octanol–water partition coefficient (Wildman–Crippen LogP) is 3.86. The summed E-state index contributed by atoms with van der Waals surface area (Å²) in [5.74, 6) is -1.41. The molecule has 2 aromatic rings. The quantitative estimate of drug-likeness (QED) is 0.649. The van der Waals surface area contributed by atoms with Crippen molar-refractivity contribution >= 4 is 28.1 Å². The highest BCUT2D eigenvalue weighted by Crippen LogP contribution is 2.47. The molecule has 8 heteroatoms. The number of fused-ring (bicyclic) bond motifs is 1. The van der Waals surface area contributed by atoms with Crippen LogP contribution in [0.15, 0.2) is 47.4 Å². The molecule has 2 aromatic carbocycles. The minimum absolute atomic E-state index is 0.0561. The lowest BCUT2D eigenvalue weighted by atomic mass is 10.0. The Kier molecular flexibility index (Phi) is 5.98. The minimum Gasteiger partial charge on any atom is -0.303 e. The Bertz CT molecular complexity index is 950. The zero-order valence-electron chi connectivity index (χ0n) is 14.6. The second-order valence-electron chi connectivity index (χ2n) is 6.21. The van der Waals surface area contributed by atoms with Gasteiger partial charge in [-0.25, -0.2) is 17.2 Å². The van der Waals surface area contributed by atoms with Crippen molar-refractivity contribution in [2.24, 2.45) is 0 Å². The summed E-state index contributed by atoms with van der Waals surface area (Å²) in [6.07, 6.45) is 0.763. The lowest BCUT2D eigenvalue weighted by molar-refractivity contribution is -0.109. The minimum atomic E-state index is -3.67. The predicted molar refractivity (Wildman–Crippen MR) is 101 cm³/mol. The van der Waals surface area contributed by atoms with Crippen molar-refractivity contribution in [3.8, 4) is 0 Å². The SMILES string of the molecule is CCS(=O)(=O)N(Cc1ccc(F)c(CF)c1)C1Sc2ccccc2C1C=O. The first-order chi connectivity index (χ1) is 12.9. The van der Waals surface area contributed by atoms with E-state index in [1.807, 2.05) is 24.3 Å². The van der Waals surface area contributed by atoms with Crippen molar-refractivity contribution in [2.45, 2.75) is 36.3 Å². The number of thioether (sulfide) groups is 1. The summed E-state index contributed by atoms with van der Waals surface area (Å²) >= 11 is 1.32. The molecular weight excluding hydrogens is 392 g/mol. The van der Waals surface area contributed by atoms with Gasteiger partial charge in [0.25, 0.3) is 0 Å². The van der Waals surface area contributed by atoms with Gasteiger partial charge in [-0.05, 0) is 36.2 Å². The van der Waals surface area contributed by atoms with Crippen molar-refractivity contribution in [3.05, 3.63) is 65.0 Å². The van der Waals surface area contributed by atoms with Crippen molar-refractivity contribution in [1.82, 2.24) is 4.31 Å². The number of carbonyl (C=O) groups is 1. The Labute approximate surface area is 161 Å². The van der Waals surface area contributed by atoms with Crippen LogP contribution in [0.1, 0.15) is 29.5 Å². The van der Waals surface area contributed by atoms with E-state index >= 15 is 0 Å². The third-order valence-electron chi connectivity index (χ3n) is 4.58. The number of hydrogen-bond acceptors (Lipinski definition) is 4. The van der Waals surface area contributed by atoms with Crippen LogP contribution in [-0.2, 0) is 28.0 Å². The van der Waals surface area contributed by atoms with Crippen molar-refractivity contribution in [2.75, 3.05) is 5.75 Å². The highest BCUT2D eigenvalue weighted by atomic mass is 32.2. The van der Waals surface area contributed by atoms with Crippen LogP contribution in [0.4, 0.5) is 8.78 Å². The van der Waals surface area contributed by atoms with E-state index < -0.39 is 33.8 Å². The average Bonchev–Trinajstić information content (AvgIpc) is 3.05. The molecule has 0 spiro atoms. The van der Waals surface area contributed by atoms with Crippen molar-refractivity contribution in [3.63, 3.8) is 0 Å². The number of hydrogen-bond donors (Lipinski definition) is 0. The maximum absolute atomic E-state index is 13.6. The molecule has 0 N–H and O–H groups in total. The van der Waals surface area contributed by atoms with Crippen LogP contribution >= 0.6 is 11.8 Å².